The van der Waals surface area contributed by atoms with Crippen LogP contribution in [0.4, 0.5) is 10.5 Å². The van der Waals surface area contributed by atoms with Gasteiger partial charge in [-0.05, 0) is 42.8 Å². The standard InChI is InChI=1S/C22H27N3O5/c1-16-14-18(30-17-6-4-3-5-7-17)8-9-19(16)23-22(27)24-20(15-28-2)21(26)25-10-12-29-13-11-25/h3-9,14,20H,10-13,15H2,1-2H3,(H2,23,24,27). The minimum atomic E-state index is -0.769. The van der Waals surface area contributed by atoms with Crippen LogP contribution in [0.25, 0.3) is 0 Å². The summed E-state index contributed by atoms with van der Waals surface area (Å²) in [6.07, 6.45) is 0. The Kier molecular flexibility index (Phi) is 7.64. The fraction of sp³-hybridized carbons (Fsp3) is 0.364. The van der Waals surface area contributed by atoms with E-state index < -0.39 is 12.1 Å². The van der Waals surface area contributed by atoms with Gasteiger partial charge in [-0.2, -0.15) is 0 Å². The van der Waals surface area contributed by atoms with Gasteiger partial charge in [-0.1, -0.05) is 18.2 Å². The second-order valence-electron chi connectivity index (χ2n) is 6.94. The van der Waals surface area contributed by atoms with Gasteiger partial charge in [0.25, 0.3) is 0 Å². The summed E-state index contributed by atoms with van der Waals surface area (Å²) in [6, 6.07) is 13.6. The van der Waals surface area contributed by atoms with Crippen LogP contribution in [0.5, 0.6) is 11.5 Å². The molecule has 0 aliphatic carbocycles. The number of morpholine rings is 1. The van der Waals surface area contributed by atoms with Crippen molar-refractivity contribution in [2.45, 2.75) is 13.0 Å². The van der Waals surface area contributed by atoms with E-state index in [0.29, 0.717) is 37.7 Å². The fourth-order valence-electron chi connectivity index (χ4n) is 3.13. The van der Waals surface area contributed by atoms with E-state index in [-0.39, 0.29) is 12.5 Å². The zero-order chi connectivity index (χ0) is 21.3. The molecule has 30 heavy (non-hydrogen) atoms. The van der Waals surface area contributed by atoms with Gasteiger partial charge in [0.15, 0.2) is 0 Å². The molecule has 1 unspecified atom stereocenters. The van der Waals surface area contributed by atoms with Gasteiger partial charge in [0, 0.05) is 25.9 Å². The number of carbonyl (C=O) groups is 2. The van der Waals surface area contributed by atoms with Crippen LogP contribution < -0.4 is 15.4 Å². The number of hydrogen-bond donors (Lipinski definition) is 2. The van der Waals surface area contributed by atoms with Crippen LogP contribution in [-0.2, 0) is 14.3 Å². The lowest BCUT2D eigenvalue weighted by Gasteiger charge is -2.30. The molecule has 1 saturated heterocycles. The first kappa shape index (κ1) is 21.6. The molecule has 1 aliphatic rings. The fourth-order valence-corrected chi connectivity index (χ4v) is 3.13. The third kappa shape index (κ3) is 5.95. The predicted molar refractivity (Wildman–Crippen MR) is 113 cm³/mol. The number of aryl methyl sites for hydroxylation is 1. The molecule has 0 spiro atoms. The van der Waals surface area contributed by atoms with E-state index in [4.69, 9.17) is 14.2 Å². The maximum atomic E-state index is 12.7. The van der Waals surface area contributed by atoms with Gasteiger partial charge in [0.2, 0.25) is 5.91 Å². The Morgan fingerprint density at radius 2 is 1.83 bits per heavy atom. The second kappa shape index (κ2) is 10.6. The molecule has 2 aromatic carbocycles. The summed E-state index contributed by atoms with van der Waals surface area (Å²) < 4.78 is 16.2. The van der Waals surface area contributed by atoms with E-state index in [2.05, 4.69) is 10.6 Å². The SMILES string of the molecule is COCC(NC(=O)Nc1ccc(Oc2ccccc2)cc1C)C(=O)N1CCOCC1. The van der Waals surface area contributed by atoms with Crippen molar-refractivity contribution in [3.63, 3.8) is 0 Å². The molecule has 2 aromatic rings. The molecule has 3 rings (SSSR count). The molecule has 1 atom stereocenters. The Hall–Kier alpha value is -3.10. The van der Waals surface area contributed by atoms with E-state index >= 15 is 0 Å². The summed E-state index contributed by atoms with van der Waals surface area (Å²) in [6.45, 7) is 3.96. The quantitative estimate of drug-likeness (QED) is 0.729. The summed E-state index contributed by atoms with van der Waals surface area (Å²) >= 11 is 0. The molecule has 1 heterocycles. The molecule has 8 nitrogen and oxygen atoms in total. The summed E-state index contributed by atoms with van der Waals surface area (Å²) in [7, 11) is 1.49. The topological polar surface area (TPSA) is 89.1 Å². The first-order valence-corrected chi connectivity index (χ1v) is 9.83. The van der Waals surface area contributed by atoms with E-state index in [1.807, 2.05) is 43.3 Å². The van der Waals surface area contributed by atoms with Crippen LogP contribution in [0.15, 0.2) is 48.5 Å². The molecule has 8 heteroatoms. The van der Waals surface area contributed by atoms with Crippen LogP contribution in [-0.4, -0.2) is 62.9 Å². The Morgan fingerprint density at radius 1 is 1.10 bits per heavy atom. The van der Waals surface area contributed by atoms with Gasteiger partial charge in [0.05, 0.1) is 19.8 Å². The van der Waals surface area contributed by atoms with Gasteiger partial charge in [-0.25, -0.2) is 4.79 Å². The van der Waals surface area contributed by atoms with Gasteiger partial charge in [-0.3, -0.25) is 4.79 Å². The summed E-state index contributed by atoms with van der Waals surface area (Å²) in [5.41, 5.74) is 1.46. The van der Waals surface area contributed by atoms with Crippen molar-refractivity contribution in [1.82, 2.24) is 10.2 Å². The average molecular weight is 413 g/mol. The first-order valence-electron chi connectivity index (χ1n) is 9.83. The number of nitrogens with zero attached hydrogens (tertiary/aromatic N) is 1. The van der Waals surface area contributed by atoms with E-state index in [9.17, 15) is 9.59 Å². The van der Waals surface area contributed by atoms with Crippen molar-refractivity contribution in [2.75, 3.05) is 45.3 Å². The Bertz CT molecular complexity index is 853. The number of methoxy groups -OCH3 is 1. The largest absolute Gasteiger partial charge is 0.457 e. The molecular formula is C22H27N3O5. The maximum Gasteiger partial charge on any atom is 0.319 e. The Morgan fingerprint density at radius 3 is 2.50 bits per heavy atom. The number of carbonyl (C=O) groups excluding carboxylic acids is 2. The van der Waals surface area contributed by atoms with Gasteiger partial charge in [-0.15, -0.1) is 0 Å². The highest BCUT2D eigenvalue weighted by Gasteiger charge is 2.27. The van der Waals surface area contributed by atoms with Crippen molar-refractivity contribution >= 4 is 17.6 Å². The van der Waals surface area contributed by atoms with Crippen molar-refractivity contribution in [3.05, 3.63) is 54.1 Å². The molecule has 0 saturated carbocycles. The molecule has 1 aliphatic heterocycles. The van der Waals surface area contributed by atoms with Crippen LogP contribution in [0.2, 0.25) is 0 Å². The van der Waals surface area contributed by atoms with Gasteiger partial charge >= 0.3 is 6.03 Å². The minimum Gasteiger partial charge on any atom is -0.457 e. The van der Waals surface area contributed by atoms with E-state index in [1.54, 1.807) is 17.0 Å². The van der Waals surface area contributed by atoms with Crippen LogP contribution in [0.1, 0.15) is 5.56 Å². The lowest BCUT2D eigenvalue weighted by atomic mass is 10.2. The predicted octanol–water partition coefficient (Wildman–Crippen LogP) is 2.78. The van der Waals surface area contributed by atoms with Crippen molar-refractivity contribution in [1.29, 1.82) is 0 Å². The monoisotopic (exact) mass is 413 g/mol. The number of anilines is 1. The molecular weight excluding hydrogens is 386 g/mol. The molecule has 160 valence electrons. The molecule has 0 radical (unpaired) electrons. The molecule has 0 aromatic heterocycles. The minimum absolute atomic E-state index is 0.0897. The zero-order valence-electron chi connectivity index (χ0n) is 17.2. The van der Waals surface area contributed by atoms with Gasteiger partial charge in [0.1, 0.15) is 17.5 Å². The Balaban J connectivity index is 1.60. The van der Waals surface area contributed by atoms with Crippen LogP contribution in [0.3, 0.4) is 0 Å². The second-order valence-corrected chi connectivity index (χ2v) is 6.94. The normalized spacial score (nSPS) is 14.7. The van der Waals surface area contributed by atoms with Crippen molar-refractivity contribution in [2.24, 2.45) is 0 Å². The number of benzene rings is 2. The van der Waals surface area contributed by atoms with E-state index in [1.165, 1.54) is 7.11 Å². The van der Waals surface area contributed by atoms with Crippen LogP contribution >= 0.6 is 0 Å². The number of ether oxygens (including phenoxy) is 3. The molecule has 1 fully saturated rings. The van der Waals surface area contributed by atoms with E-state index in [0.717, 1.165) is 11.3 Å². The lowest BCUT2D eigenvalue weighted by molar-refractivity contribution is -0.138. The summed E-state index contributed by atoms with van der Waals surface area (Å²) in [5.74, 6) is 1.22. The number of para-hydroxylation sites is 1. The Labute approximate surface area is 176 Å². The summed E-state index contributed by atoms with van der Waals surface area (Å²) in [4.78, 5) is 26.9. The number of urea groups is 1. The summed E-state index contributed by atoms with van der Waals surface area (Å²) in [5, 5.41) is 5.50. The highest BCUT2D eigenvalue weighted by Crippen LogP contribution is 2.25. The maximum absolute atomic E-state index is 12.7. The smallest absolute Gasteiger partial charge is 0.319 e. The molecule has 2 N–H and O–H groups in total. The van der Waals surface area contributed by atoms with Gasteiger partial charge < -0.3 is 29.7 Å². The highest BCUT2D eigenvalue weighted by molar-refractivity contribution is 5.94. The lowest BCUT2D eigenvalue weighted by Crippen LogP contribution is -2.54. The third-order valence-electron chi connectivity index (χ3n) is 4.68. The first-order chi connectivity index (χ1) is 14.6. The number of hydrogen-bond acceptors (Lipinski definition) is 5. The average Bonchev–Trinajstić information content (AvgIpc) is 2.76. The number of rotatable bonds is 7. The number of amides is 3. The van der Waals surface area contributed by atoms with Crippen LogP contribution in [0, 0.1) is 6.92 Å². The van der Waals surface area contributed by atoms with Crippen molar-refractivity contribution in [3.8, 4) is 11.5 Å². The van der Waals surface area contributed by atoms with Crippen molar-refractivity contribution < 1.29 is 23.8 Å². The molecule has 3 amide bonds. The highest BCUT2D eigenvalue weighted by atomic mass is 16.5. The third-order valence-corrected chi connectivity index (χ3v) is 4.68. The molecule has 0 bridgehead atoms. The number of nitrogens with one attached hydrogen (secondary N) is 2. The zero-order valence-corrected chi connectivity index (χ0v) is 17.2.